The Kier molecular flexibility index (Phi) is 4.49. The van der Waals surface area contributed by atoms with Gasteiger partial charge in [-0.15, -0.1) is 0 Å². The molecule has 1 aromatic rings. The van der Waals surface area contributed by atoms with Gasteiger partial charge in [-0.05, 0) is 32.1 Å². The molecular weight excluding hydrogens is 254 g/mol. The Labute approximate surface area is 121 Å². The fourth-order valence-corrected chi connectivity index (χ4v) is 2.94. The highest BCUT2D eigenvalue weighted by atomic mass is 16.5. The van der Waals surface area contributed by atoms with E-state index in [4.69, 9.17) is 15.0 Å². The molecule has 0 amide bonds. The van der Waals surface area contributed by atoms with E-state index in [1.807, 2.05) is 13.8 Å². The third kappa shape index (κ3) is 3.20. The summed E-state index contributed by atoms with van der Waals surface area (Å²) in [6.45, 7) is 9.42. The van der Waals surface area contributed by atoms with E-state index in [0.717, 1.165) is 12.3 Å². The van der Waals surface area contributed by atoms with Crippen LogP contribution >= 0.6 is 0 Å². The highest BCUT2D eigenvalue weighted by Crippen LogP contribution is 2.46. The molecule has 0 spiro atoms. The van der Waals surface area contributed by atoms with Crippen molar-refractivity contribution in [1.29, 1.82) is 0 Å². The molecule has 1 aliphatic rings. The quantitative estimate of drug-likeness (QED) is 0.898. The lowest BCUT2D eigenvalue weighted by atomic mass is 9.69. The van der Waals surface area contributed by atoms with Gasteiger partial charge in [0.05, 0.1) is 6.61 Å². The molecule has 0 aliphatic heterocycles. The number of aromatic nitrogens is 2. The van der Waals surface area contributed by atoms with Crippen LogP contribution < -0.4 is 5.73 Å². The van der Waals surface area contributed by atoms with E-state index in [0.29, 0.717) is 25.0 Å². The van der Waals surface area contributed by atoms with Crippen molar-refractivity contribution in [2.24, 2.45) is 11.1 Å². The Morgan fingerprint density at radius 3 is 2.85 bits per heavy atom. The first-order valence-corrected chi connectivity index (χ1v) is 7.57. The Balaban J connectivity index is 2.16. The summed E-state index contributed by atoms with van der Waals surface area (Å²) in [7, 11) is 0. The lowest BCUT2D eigenvalue weighted by molar-refractivity contribution is 0.0962. The van der Waals surface area contributed by atoms with Crippen molar-refractivity contribution in [3.8, 4) is 0 Å². The van der Waals surface area contributed by atoms with E-state index in [2.05, 4.69) is 24.0 Å². The van der Waals surface area contributed by atoms with Crippen molar-refractivity contribution in [3.05, 3.63) is 11.7 Å². The van der Waals surface area contributed by atoms with E-state index in [1.165, 1.54) is 19.3 Å². The van der Waals surface area contributed by atoms with Gasteiger partial charge in [-0.25, -0.2) is 0 Å². The van der Waals surface area contributed by atoms with Gasteiger partial charge in [0, 0.05) is 12.5 Å². The molecule has 1 aromatic heterocycles. The van der Waals surface area contributed by atoms with Gasteiger partial charge in [-0.3, -0.25) is 0 Å². The molecule has 2 atom stereocenters. The Hall–Kier alpha value is -0.940. The molecule has 114 valence electrons. The lowest BCUT2D eigenvalue weighted by Crippen LogP contribution is -2.39. The topological polar surface area (TPSA) is 74.2 Å². The minimum absolute atomic E-state index is 0.215. The van der Waals surface area contributed by atoms with Crippen molar-refractivity contribution in [2.45, 2.75) is 64.8 Å². The van der Waals surface area contributed by atoms with Gasteiger partial charge in [-0.1, -0.05) is 31.8 Å². The zero-order valence-electron chi connectivity index (χ0n) is 13.1. The third-order valence-corrected chi connectivity index (χ3v) is 4.36. The van der Waals surface area contributed by atoms with Crippen LogP contribution in [0.3, 0.4) is 0 Å². The SMILES string of the molecule is CCOCC(C)(N)c1noc(C2CCCCC2(C)C)n1. The van der Waals surface area contributed by atoms with Gasteiger partial charge in [-0.2, -0.15) is 4.98 Å². The van der Waals surface area contributed by atoms with Crippen LogP contribution in [-0.4, -0.2) is 23.4 Å². The number of nitrogens with zero attached hydrogens (tertiary/aromatic N) is 2. The molecule has 0 aromatic carbocycles. The van der Waals surface area contributed by atoms with Gasteiger partial charge < -0.3 is 15.0 Å². The Bertz CT molecular complexity index is 440. The third-order valence-electron chi connectivity index (χ3n) is 4.36. The molecule has 2 N–H and O–H groups in total. The summed E-state index contributed by atoms with van der Waals surface area (Å²) in [5.41, 5.74) is 5.74. The fraction of sp³-hybridized carbons (Fsp3) is 0.867. The fourth-order valence-electron chi connectivity index (χ4n) is 2.94. The summed E-state index contributed by atoms with van der Waals surface area (Å²) < 4.78 is 10.9. The summed E-state index contributed by atoms with van der Waals surface area (Å²) in [6, 6.07) is 0. The monoisotopic (exact) mass is 281 g/mol. The number of hydrogen-bond acceptors (Lipinski definition) is 5. The largest absolute Gasteiger partial charge is 0.379 e. The second-order valence-corrected chi connectivity index (χ2v) is 6.80. The highest BCUT2D eigenvalue weighted by Gasteiger charge is 2.38. The summed E-state index contributed by atoms with van der Waals surface area (Å²) in [6.07, 6.45) is 4.82. The van der Waals surface area contributed by atoms with Crippen LogP contribution in [0, 0.1) is 5.41 Å². The molecule has 5 nitrogen and oxygen atoms in total. The van der Waals surface area contributed by atoms with Crippen LogP contribution in [-0.2, 0) is 10.3 Å². The zero-order valence-corrected chi connectivity index (χ0v) is 13.1. The first kappa shape index (κ1) is 15.4. The molecule has 2 unspecified atom stereocenters. The second kappa shape index (κ2) is 5.82. The van der Waals surface area contributed by atoms with E-state index in [9.17, 15) is 0 Å². The average molecular weight is 281 g/mol. The van der Waals surface area contributed by atoms with Crippen LogP contribution in [0.4, 0.5) is 0 Å². The molecule has 5 heteroatoms. The van der Waals surface area contributed by atoms with Gasteiger partial charge >= 0.3 is 0 Å². The van der Waals surface area contributed by atoms with Crippen molar-refractivity contribution < 1.29 is 9.26 Å². The van der Waals surface area contributed by atoms with Crippen LogP contribution in [0.15, 0.2) is 4.52 Å². The molecule has 0 bridgehead atoms. The van der Waals surface area contributed by atoms with Crippen LogP contribution in [0.5, 0.6) is 0 Å². The maximum atomic E-state index is 6.22. The second-order valence-electron chi connectivity index (χ2n) is 6.80. The first-order chi connectivity index (χ1) is 9.37. The van der Waals surface area contributed by atoms with Gasteiger partial charge in [0.1, 0.15) is 5.54 Å². The van der Waals surface area contributed by atoms with Crippen LogP contribution in [0.2, 0.25) is 0 Å². The minimum atomic E-state index is -0.698. The lowest BCUT2D eigenvalue weighted by Gasteiger charge is -2.36. The minimum Gasteiger partial charge on any atom is -0.379 e. The van der Waals surface area contributed by atoms with Crippen molar-refractivity contribution >= 4 is 0 Å². The number of ether oxygens (including phenoxy) is 1. The molecule has 1 fully saturated rings. The molecule has 1 aliphatic carbocycles. The zero-order chi connectivity index (χ0) is 14.8. The standard InChI is InChI=1S/C15H27N3O2/c1-5-19-10-15(4,16)13-17-12(20-18-13)11-8-6-7-9-14(11,2)3/h11H,5-10,16H2,1-4H3. The molecule has 20 heavy (non-hydrogen) atoms. The molecule has 1 saturated carbocycles. The summed E-state index contributed by atoms with van der Waals surface area (Å²) in [5.74, 6) is 1.61. The van der Waals surface area contributed by atoms with Crippen molar-refractivity contribution in [1.82, 2.24) is 10.1 Å². The number of hydrogen-bond donors (Lipinski definition) is 1. The number of nitrogens with two attached hydrogens (primary N) is 1. The Morgan fingerprint density at radius 2 is 2.20 bits per heavy atom. The normalized spacial score (nSPS) is 25.4. The van der Waals surface area contributed by atoms with Gasteiger partial charge in [0.15, 0.2) is 5.82 Å². The first-order valence-electron chi connectivity index (χ1n) is 7.57. The van der Waals surface area contributed by atoms with E-state index >= 15 is 0 Å². The molecule has 0 radical (unpaired) electrons. The van der Waals surface area contributed by atoms with Crippen LogP contribution in [0.25, 0.3) is 0 Å². The van der Waals surface area contributed by atoms with E-state index in [1.54, 1.807) is 0 Å². The summed E-state index contributed by atoms with van der Waals surface area (Å²) >= 11 is 0. The predicted molar refractivity (Wildman–Crippen MR) is 77.3 cm³/mol. The maximum Gasteiger partial charge on any atom is 0.230 e. The van der Waals surface area contributed by atoms with Crippen molar-refractivity contribution in [2.75, 3.05) is 13.2 Å². The highest BCUT2D eigenvalue weighted by molar-refractivity contribution is 5.07. The summed E-state index contributed by atoms with van der Waals surface area (Å²) in [5, 5.41) is 4.09. The Morgan fingerprint density at radius 1 is 1.45 bits per heavy atom. The van der Waals surface area contributed by atoms with Crippen molar-refractivity contribution in [3.63, 3.8) is 0 Å². The number of rotatable bonds is 5. The van der Waals surface area contributed by atoms with Crippen LogP contribution in [0.1, 0.15) is 71.0 Å². The predicted octanol–water partition coefficient (Wildman–Crippen LogP) is 2.96. The molecular formula is C15H27N3O2. The summed E-state index contributed by atoms with van der Waals surface area (Å²) in [4.78, 5) is 4.57. The van der Waals surface area contributed by atoms with E-state index < -0.39 is 5.54 Å². The van der Waals surface area contributed by atoms with E-state index in [-0.39, 0.29) is 5.41 Å². The van der Waals surface area contributed by atoms with Gasteiger partial charge in [0.2, 0.25) is 5.89 Å². The molecule has 0 saturated heterocycles. The molecule has 1 heterocycles. The average Bonchev–Trinajstić information content (AvgIpc) is 2.86. The maximum absolute atomic E-state index is 6.22. The smallest absolute Gasteiger partial charge is 0.230 e. The van der Waals surface area contributed by atoms with Gasteiger partial charge in [0.25, 0.3) is 0 Å². The molecule has 2 rings (SSSR count).